The molecule has 0 bridgehead atoms. The van der Waals surface area contributed by atoms with E-state index in [0.29, 0.717) is 0 Å². The monoisotopic (exact) mass is 293 g/mol. The van der Waals surface area contributed by atoms with Crippen molar-refractivity contribution in [3.8, 4) is 0 Å². The van der Waals surface area contributed by atoms with Crippen LogP contribution in [0.25, 0.3) is 0 Å². The lowest BCUT2D eigenvalue weighted by atomic mass is 10.2. The second kappa shape index (κ2) is 5.99. The van der Waals surface area contributed by atoms with E-state index in [-0.39, 0.29) is 23.7 Å². The molecule has 0 aliphatic rings. The largest absolute Gasteiger partial charge is 0.465 e. The van der Waals surface area contributed by atoms with Gasteiger partial charge >= 0.3 is 5.97 Å². The third-order valence-electron chi connectivity index (χ3n) is 2.52. The Kier molecular flexibility index (Phi) is 4.12. The molecule has 0 radical (unpaired) electrons. The van der Waals surface area contributed by atoms with Crippen molar-refractivity contribution in [1.82, 2.24) is 14.8 Å². The van der Waals surface area contributed by atoms with Gasteiger partial charge in [-0.3, -0.25) is 4.79 Å². The zero-order chi connectivity index (χ0) is 15.4. The SMILES string of the molecule is COC(=O)c1ccc(F)c(NC(=O)Cn2cnc(N)n2)c1. The molecular formula is C12H12FN5O3. The van der Waals surface area contributed by atoms with Crippen molar-refractivity contribution in [1.29, 1.82) is 0 Å². The van der Waals surface area contributed by atoms with E-state index in [1.165, 1.54) is 30.3 Å². The molecular weight excluding hydrogens is 281 g/mol. The van der Waals surface area contributed by atoms with Gasteiger partial charge in [-0.25, -0.2) is 18.9 Å². The molecule has 9 heteroatoms. The summed E-state index contributed by atoms with van der Waals surface area (Å²) in [5.41, 5.74) is 5.31. The highest BCUT2D eigenvalue weighted by Gasteiger charge is 2.12. The first kappa shape index (κ1) is 14.4. The minimum atomic E-state index is -0.672. The molecule has 2 rings (SSSR count). The first-order valence-electron chi connectivity index (χ1n) is 5.82. The summed E-state index contributed by atoms with van der Waals surface area (Å²) >= 11 is 0. The van der Waals surface area contributed by atoms with E-state index in [1.807, 2.05) is 0 Å². The third kappa shape index (κ3) is 3.53. The molecule has 0 saturated carbocycles. The average Bonchev–Trinajstić information content (AvgIpc) is 2.85. The van der Waals surface area contributed by atoms with Gasteiger partial charge in [-0.2, -0.15) is 0 Å². The van der Waals surface area contributed by atoms with Crippen LogP contribution in [0, 0.1) is 5.82 Å². The number of carbonyl (C=O) groups is 2. The minimum Gasteiger partial charge on any atom is -0.465 e. The minimum absolute atomic E-state index is 0.0293. The van der Waals surface area contributed by atoms with Crippen LogP contribution in [0.15, 0.2) is 24.5 Å². The van der Waals surface area contributed by atoms with Crippen LogP contribution < -0.4 is 11.1 Å². The quantitative estimate of drug-likeness (QED) is 0.790. The molecule has 0 aliphatic heterocycles. The van der Waals surface area contributed by atoms with Crippen molar-refractivity contribution in [2.45, 2.75) is 6.54 Å². The zero-order valence-corrected chi connectivity index (χ0v) is 11.0. The van der Waals surface area contributed by atoms with E-state index in [9.17, 15) is 14.0 Å². The van der Waals surface area contributed by atoms with Gasteiger partial charge in [0.25, 0.3) is 0 Å². The normalized spacial score (nSPS) is 10.2. The summed E-state index contributed by atoms with van der Waals surface area (Å²) in [6.45, 7) is -0.188. The lowest BCUT2D eigenvalue weighted by Gasteiger charge is -2.08. The van der Waals surface area contributed by atoms with Gasteiger partial charge in [0.15, 0.2) is 0 Å². The maximum absolute atomic E-state index is 13.6. The summed E-state index contributed by atoms with van der Waals surface area (Å²) in [5.74, 6) is -1.81. The van der Waals surface area contributed by atoms with Crippen LogP contribution in [0.1, 0.15) is 10.4 Å². The predicted molar refractivity (Wildman–Crippen MR) is 70.8 cm³/mol. The molecule has 0 unspecified atom stereocenters. The second-order valence-electron chi connectivity index (χ2n) is 4.03. The highest BCUT2D eigenvalue weighted by molar-refractivity contribution is 5.94. The molecule has 1 aromatic carbocycles. The lowest BCUT2D eigenvalue weighted by molar-refractivity contribution is -0.116. The van der Waals surface area contributed by atoms with Crippen LogP contribution >= 0.6 is 0 Å². The fourth-order valence-corrected chi connectivity index (χ4v) is 1.59. The number of halogens is 1. The van der Waals surface area contributed by atoms with Gasteiger partial charge in [-0.05, 0) is 18.2 Å². The molecule has 1 amide bonds. The van der Waals surface area contributed by atoms with Gasteiger partial charge in [-0.1, -0.05) is 0 Å². The molecule has 0 fully saturated rings. The molecule has 0 aliphatic carbocycles. The van der Waals surface area contributed by atoms with Crippen LogP contribution in [0.5, 0.6) is 0 Å². The first-order valence-corrected chi connectivity index (χ1v) is 5.82. The molecule has 0 atom stereocenters. The van der Waals surface area contributed by atoms with E-state index < -0.39 is 17.7 Å². The van der Waals surface area contributed by atoms with Gasteiger partial charge in [0.05, 0.1) is 18.4 Å². The molecule has 0 spiro atoms. The summed E-state index contributed by atoms with van der Waals surface area (Å²) in [7, 11) is 1.21. The number of aromatic nitrogens is 3. The zero-order valence-electron chi connectivity index (χ0n) is 11.0. The molecule has 3 N–H and O–H groups in total. The number of rotatable bonds is 4. The number of carbonyl (C=O) groups excluding carboxylic acids is 2. The van der Waals surface area contributed by atoms with Crippen LogP contribution in [-0.2, 0) is 16.1 Å². The van der Waals surface area contributed by atoms with E-state index in [4.69, 9.17) is 5.73 Å². The number of methoxy groups -OCH3 is 1. The number of nitrogens with zero attached hydrogens (tertiary/aromatic N) is 3. The second-order valence-corrected chi connectivity index (χ2v) is 4.03. The van der Waals surface area contributed by atoms with Gasteiger partial charge < -0.3 is 15.8 Å². The Morgan fingerprint density at radius 1 is 1.48 bits per heavy atom. The van der Waals surface area contributed by atoms with Crippen molar-refractivity contribution in [2.24, 2.45) is 0 Å². The number of anilines is 2. The number of benzene rings is 1. The number of hydrogen-bond donors (Lipinski definition) is 2. The summed E-state index contributed by atoms with van der Waals surface area (Å²) in [4.78, 5) is 26.8. The molecule has 2 aromatic rings. The number of nitrogens with one attached hydrogen (secondary N) is 1. The Bertz CT molecular complexity index is 685. The Hall–Kier alpha value is -2.97. The van der Waals surface area contributed by atoms with Crippen LogP contribution in [0.3, 0.4) is 0 Å². The van der Waals surface area contributed by atoms with Crippen molar-refractivity contribution in [3.63, 3.8) is 0 Å². The Balaban J connectivity index is 2.11. The molecule has 110 valence electrons. The van der Waals surface area contributed by atoms with E-state index in [1.54, 1.807) is 0 Å². The summed E-state index contributed by atoms with van der Waals surface area (Å²) in [6.07, 6.45) is 1.27. The van der Waals surface area contributed by atoms with Crippen molar-refractivity contribution in [2.75, 3.05) is 18.2 Å². The first-order chi connectivity index (χ1) is 9.99. The average molecular weight is 293 g/mol. The number of hydrogen-bond acceptors (Lipinski definition) is 6. The molecule has 1 aromatic heterocycles. The molecule has 0 saturated heterocycles. The highest BCUT2D eigenvalue weighted by Crippen LogP contribution is 2.17. The van der Waals surface area contributed by atoms with E-state index >= 15 is 0 Å². The highest BCUT2D eigenvalue weighted by atomic mass is 19.1. The van der Waals surface area contributed by atoms with Crippen molar-refractivity contribution in [3.05, 3.63) is 35.9 Å². The number of nitrogens with two attached hydrogens (primary N) is 1. The summed E-state index contributed by atoms with van der Waals surface area (Å²) in [6, 6.07) is 3.51. The topological polar surface area (TPSA) is 112 Å². The fraction of sp³-hybridized carbons (Fsp3) is 0.167. The van der Waals surface area contributed by atoms with Crippen molar-refractivity contribution < 1.29 is 18.7 Å². The van der Waals surface area contributed by atoms with Crippen LogP contribution in [0.2, 0.25) is 0 Å². The Labute approximate surface area is 118 Å². The van der Waals surface area contributed by atoms with Gasteiger partial charge in [0.1, 0.15) is 18.7 Å². The van der Waals surface area contributed by atoms with E-state index in [0.717, 1.165) is 6.07 Å². The fourth-order valence-electron chi connectivity index (χ4n) is 1.59. The van der Waals surface area contributed by atoms with Crippen molar-refractivity contribution >= 4 is 23.5 Å². The number of nitrogen functional groups attached to an aromatic ring is 1. The number of ether oxygens (including phenoxy) is 1. The molecule has 21 heavy (non-hydrogen) atoms. The molecule has 8 nitrogen and oxygen atoms in total. The smallest absolute Gasteiger partial charge is 0.337 e. The Morgan fingerprint density at radius 3 is 2.86 bits per heavy atom. The third-order valence-corrected chi connectivity index (χ3v) is 2.52. The van der Waals surface area contributed by atoms with E-state index in [2.05, 4.69) is 20.1 Å². The maximum Gasteiger partial charge on any atom is 0.337 e. The number of amides is 1. The maximum atomic E-state index is 13.6. The number of esters is 1. The summed E-state index contributed by atoms with van der Waals surface area (Å²) in [5, 5.41) is 6.06. The van der Waals surface area contributed by atoms with Gasteiger partial charge in [0.2, 0.25) is 11.9 Å². The van der Waals surface area contributed by atoms with Crippen LogP contribution in [0.4, 0.5) is 16.0 Å². The van der Waals surface area contributed by atoms with Gasteiger partial charge in [0, 0.05) is 0 Å². The predicted octanol–water partition coefficient (Wildman–Crippen LogP) is 0.425. The van der Waals surface area contributed by atoms with Gasteiger partial charge in [-0.15, -0.1) is 5.10 Å². The summed E-state index contributed by atoms with van der Waals surface area (Å²) < 4.78 is 19.3. The van der Waals surface area contributed by atoms with Crippen LogP contribution in [-0.4, -0.2) is 33.8 Å². The Morgan fingerprint density at radius 2 is 2.24 bits per heavy atom. The standard InChI is InChI=1S/C12H12FN5O3/c1-21-11(20)7-2-3-8(13)9(4-7)16-10(19)5-18-6-15-12(14)17-18/h2-4,6H,5H2,1H3,(H2,14,17)(H,16,19). The lowest BCUT2D eigenvalue weighted by Crippen LogP contribution is -2.20. The molecule has 1 heterocycles.